The number of halogens is 8. The number of carbonyl (C=O) groups is 1. The summed E-state index contributed by atoms with van der Waals surface area (Å²) >= 11 is 18.0. The van der Waals surface area contributed by atoms with E-state index in [1.807, 2.05) is 0 Å². The molecule has 0 bridgehead atoms. The molecular weight excluding hydrogens is 666 g/mol. The molecule has 2 aliphatic heterocycles. The average molecular weight is 687 g/mol. The molecule has 0 aliphatic carbocycles. The van der Waals surface area contributed by atoms with Crippen LogP contribution >= 0.6 is 34.8 Å². The van der Waals surface area contributed by atoms with Crippen molar-refractivity contribution in [1.82, 2.24) is 9.72 Å². The lowest BCUT2D eigenvalue weighted by Crippen LogP contribution is -2.42. The number of rotatable bonds is 7. The minimum atomic E-state index is -4.92. The highest BCUT2D eigenvalue weighted by atomic mass is 35.5. The Bertz CT molecular complexity index is 1840. The van der Waals surface area contributed by atoms with Gasteiger partial charge in [-0.1, -0.05) is 58.2 Å². The van der Waals surface area contributed by atoms with E-state index < -0.39 is 50.2 Å². The fourth-order valence-corrected chi connectivity index (χ4v) is 6.19. The molecule has 2 aliphatic rings. The van der Waals surface area contributed by atoms with Crippen molar-refractivity contribution in [3.05, 3.63) is 104 Å². The second-order valence-corrected chi connectivity index (χ2v) is 11.8. The van der Waals surface area contributed by atoms with E-state index in [0.29, 0.717) is 11.1 Å². The molecular formula is C29H20BCl3F5N3O4. The van der Waals surface area contributed by atoms with Gasteiger partial charge in [-0.05, 0) is 53.0 Å². The van der Waals surface area contributed by atoms with Crippen LogP contribution in [0.3, 0.4) is 0 Å². The smallest absolute Gasteiger partial charge is 0.423 e. The number of alkyl halides is 5. The van der Waals surface area contributed by atoms with Gasteiger partial charge in [-0.15, -0.1) is 0 Å². The largest absolute Gasteiger partial charge is 0.492 e. The predicted octanol–water partition coefficient (Wildman–Crippen LogP) is 6.26. The molecule has 0 saturated carbocycles. The zero-order valence-electron chi connectivity index (χ0n) is 22.8. The molecule has 234 valence electrons. The van der Waals surface area contributed by atoms with Crippen LogP contribution in [0.25, 0.3) is 5.52 Å². The number of aromatic nitrogens is 1. The van der Waals surface area contributed by atoms with Gasteiger partial charge in [0.1, 0.15) is 24.7 Å². The van der Waals surface area contributed by atoms with Crippen LogP contribution in [-0.2, 0) is 27.2 Å². The molecule has 16 heteroatoms. The first-order valence-electron chi connectivity index (χ1n) is 13.3. The van der Waals surface area contributed by atoms with Crippen molar-refractivity contribution in [2.24, 2.45) is 5.16 Å². The lowest BCUT2D eigenvalue weighted by molar-refractivity contribution is -0.275. The zero-order chi connectivity index (χ0) is 32.3. The molecule has 2 aromatic heterocycles. The van der Waals surface area contributed by atoms with E-state index in [-0.39, 0.29) is 55.2 Å². The Labute approximate surface area is 267 Å². The van der Waals surface area contributed by atoms with Crippen LogP contribution < -0.4 is 10.8 Å². The Morgan fingerprint density at radius 1 is 1.07 bits per heavy atom. The van der Waals surface area contributed by atoms with Crippen molar-refractivity contribution in [2.75, 3.05) is 13.3 Å². The summed E-state index contributed by atoms with van der Waals surface area (Å²) in [4.78, 5) is 18.3. The van der Waals surface area contributed by atoms with Gasteiger partial charge in [-0.2, -0.15) is 13.2 Å². The molecule has 45 heavy (non-hydrogen) atoms. The van der Waals surface area contributed by atoms with Gasteiger partial charge in [0.2, 0.25) is 0 Å². The summed E-state index contributed by atoms with van der Waals surface area (Å²) in [7, 11) is -1.53. The Kier molecular flexibility index (Phi) is 8.06. The Morgan fingerprint density at radius 3 is 2.44 bits per heavy atom. The van der Waals surface area contributed by atoms with Crippen LogP contribution in [0.1, 0.15) is 39.2 Å². The SMILES string of the molecule is O=C(NCc1ccc2c(c1)B(O)OC2(CF)CF)c1ccc(C2=NOC(c3cc(Cl)c(Cl)c(Cl)c3)(C(F)(F)F)C2)n2cccc12. The van der Waals surface area contributed by atoms with Gasteiger partial charge in [0.25, 0.3) is 11.5 Å². The van der Waals surface area contributed by atoms with Crippen LogP contribution in [-0.4, -0.2) is 47.7 Å². The monoisotopic (exact) mass is 685 g/mol. The molecule has 7 nitrogen and oxygen atoms in total. The Morgan fingerprint density at radius 2 is 1.78 bits per heavy atom. The summed E-state index contributed by atoms with van der Waals surface area (Å²) in [6.07, 6.45) is -4.07. The van der Waals surface area contributed by atoms with E-state index >= 15 is 0 Å². The van der Waals surface area contributed by atoms with Crippen molar-refractivity contribution < 1.29 is 41.3 Å². The molecule has 1 unspecified atom stereocenters. The van der Waals surface area contributed by atoms with Crippen molar-refractivity contribution in [3.63, 3.8) is 0 Å². The summed E-state index contributed by atoms with van der Waals surface area (Å²) < 4.78 is 77.4. The Balaban J connectivity index is 1.25. The molecule has 4 aromatic rings. The van der Waals surface area contributed by atoms with Crippen LogP contribution in [0.5, 0.6) is 0 Å². The van der Waals surface area contributed by atoms with Crippen LogP contribution in [0.4, 0.5) is 22.0 Å². The minimum absolute atomic E-state index is 0.00738. The van der Waals surface area contributed by atoms with Gasteiger partial charge in [-0.3, -0.25) is 4.79 Å². The third-order valence-electron chi connectivity index (χ3n) is 7.96. The second-order valence-electron chi connectivity index (χ2n) is 10.6. The standard InChI is InChI=1S/C29H20BCl3F5N3O4/c31-20-9-16(10-21(32)25(20)33)28(29(36,37)38)11-22(40-45-28)24-6-4-17(23-2-1-7-41(23)24)26(42)39-12-15-3-5-18-19(8-15)30(43)44-27(18,13-34)14-35/h1-10,43H,11-14H2,(H,39,42). The minimum Gasteiger partial charge on any atom is -0.423 e. The molecule has 1 atom stereocenters. The van der Waals surface area contributed by atoms with Gasteiger partial charge in [-0.25, -0.2) is 8.78 Å². The average Bonchev–Trinajstić information content (AvgIpc) is 3.75. The summed E-state index contributed by atoms with van der Waals surface area (Å²) in [6, 6.07) is 12.7. The van der Waals surface area contributed by atoms with Crippen molar-refractivity contribution >= 4 is 64.5 Å². The first-order valence-corrected chi connectivity index (χ1v) is 14.4. The van der Waals surface area contributed by atoms with E-state index in [4.69, 9.17) is 44.3 Å². The summed E-state index contributed by atoms with van der Waals surface area (Å²) in [5, 5.41) is 16.3. The fourth-order valence-electron chi connectivity index (χ4n) is 5.60. The van der Waals surface area contributed by atoms with Crippen LogP contribution in [0.15, 0.2) is 65.9 Å². The maximum Gasteiger partial charge on any atom is 0.492 e. The number of benzene rings is 2. The summed E-state index contributed by atoms with van der Waals surface area (Å²) in [6.45, 7) is -2.33. The van der Waals surface area contributed by atoms with Crippen LogP contribution in [0, 0.1) is 0 Å². The number of nitrogens with zero attached hydrogens (tertiary/aromatic N) is 2. The Hall–Kier alpha value is -3.36. The molecule has 2 aromatic carbocycles. The molecule has 1 amide bonds. The van der Waals surface area contributed by atoms with Crippen molar-refractivity contribution in [1.29, 1.82) is 0 Å². The number of amides is 1. The second kappa shape index (κ2) is 11.5. The third kappa shape index (κ3) is 5.14. The van der Waals surface area contributed by atoms with E-state index in [2.05, 4.69) is 10.5 Å². The first kappa shape index (κ1) is 31.6. The highest BCUT2D eigenvalue weighted by molar-refractivity contribution is 6.62. The molecule has 0 saturated heterocycles. The maximum absolute atomic E-state index is 14.5. The summed E-state index contributed by atoms with van der Waals surface area (Å²) in [5.41, 5.74) is -3.42. The number of fused-ring (bicyclic) bond motifs is 2. The normalized spacial score (nSPS) is 19.0. The lowest BCUT2D eigenvalue weighted by atomic mass is 9.77. The van der Waals surface area contributed by atoms with E-state index in [1.165, 1.54) is 28.7 Å². The maximum atomic E-state index is 14.5. The molecule has 2 N–H and O–H groups in total. The number of oxime groups is 1. The predicted molar refractivity (Wildman–Crippen MR) is 159 cm³/mol. The number of hydrogen-bond acceptors (Lipinski definition) is 5. The quantitative estimate of drug-likeness (QED) is 0.137. The van der Waals surface area contributed by atoms with E-state index in [1.54, 1.807) is 24.4 Å². The molecule has 4 heterocycles. The molecule has 0 radical (unpaired) electrons. The van der Waals surface area contributed by atoms with Crippen LogP contribution in [0.2, 0.25) is 15.1 Å². The fraction of sp³-hybridized carbons (Fsp3) is 0.241. The molecule has 6 rings (SSSR count). The van der Waals surface area contributed by atoms with Crippen molar-refractivity contribution in [2.45, 2.75) is 30.3 Å². The van der Waals surface area contributed by atoms with Gasteiger partial charge < -0.3 is 24.2 Å². The number of nitrogens with one attached hydrogen (secondary N) is 1. The molecule has 0 spiro atoms. The zero-order valence-corrected chi connectivity index (χ0v) is 25.0. The highest BCUT2D eigenvalue weighted by Gasteiger charge is 2.62. The van der Waals surface area contributed by atoms with E-state index in [0.717, 1.165) is 12.1 Å². The van der Waals surface area contributed by atoms with Crippen molar-refractivity contribution in [3.8, 4) is 0 Å². The molecule has 0 fully saturated rings. The number of carbonyl (C=O) groups excluding carboxylic acids is 1. The third-order valence-corrected chi connectivity index (χ3v) is 9.16. The topological polar surface area (TPSA) is 84.6 Å². The van der Waals surface area contributed by atoms with E-state index in [9.17, 15) is 31.8 Å². The van der Waals surface area contributed by atoms with Gasteiger partial charge in [0.05, 0.1) is 38.3 Å². The number of pyridine rings is 1. The number of hydrogen-bond donors (Lipinski definition) is 2. The first-order chi connectivity index (χ1) is 21.3. The van der Waals surface area contributed by atoms with Gasteiger partial charge >= 0.3 is 13.3 Å². The van der Waals surface area contributed by atoms with Gasteiger partial charge in [0, 0.05) is 18.3 Å². The highest BCUT2D eigenvalue weighted by Crippen LogP contribution is 2.50. The summed E-state index contributed by atoms with van der Waals surface area (Å²) in [5.74, 6) is -0.510. The lowest BCUT2D eigenvalue weighted by Gasteiger charge is -2.30. The van der Waals surface area contributed by atoms with Gasteiger partial charge in [0.15, 0.2) is 0 Å².